The number of benzene rings is 1. The predicted octanol–water partition coefficient (Wildman–Crippen LogP) is 4.14. The number of fused-ring (bicyclic) bond motifs is 1. The summed E-state index contributed by atoms with van der Waals surface area (Å²) in [5.41, 5.74) is 2.64. The van der Waals surface area contributed by atoms with Crippen LogP contribution in [0.1, 0.15) is 18.3 Å². The molecule has 0 aliphatic rings. The second-order valence-electron chi connectivity index (χ2n) is 6.60. The van der Waals surface area contributed by atoms with Crippen molar-refractivity contribution < 1.29 is 4.74 Å². The summed E-state index contributed by atoms with van der Waals surface area (Å²) in [4.78, 5) is 13.5. The maximum absolute atomic E-state index is 6.12. The van der Waals surface area contributed by atoms with Crippen LogP contribution >= 0.6 is 11.6 Å². The van der Waals surface area contributed by atoms with Crippen LogP contribution in [0.15, 0.2) is 48.7 Å². The van der Waals surface area contributed by atoms with Crippen molar-refractivity contribution in [3.63, 3.8) is 0 Å². The van der Waals surface area contributed by atoms with Crippen LogP contribution in [0.4, 0.5) is 17.5 Å². The summed E-state index contributed by atoms with van der Waals surface area (Å²) >= 11 is 6.12. The number of hydrogen-bond donors (Lipinski definition) is 2. The molecule has 0 atom stereocenters. The molecule has 30 heavy (non-hydrogen) atoms. The maximum Gasteiger partial charge on any atom is 0.256 e. The van der Waals surface area contributed by atoms with Gasteiger partial charge in [-0.05, 0) is 36.8 Å². The van der Waals surface area contributed by atoms with Crippen molar-refractivity contribution in [2.24, 2.45) is 0 Å². The van der Waals surface area contributed by atoms with Gasteiger partial charge in [-0.3, -0.25) is 4.98 Å². The molecule has 1 aromatic carbocycles. The number of aromatic nitrogens is 5. The van der Waals surface area contributed by atoms with Crippen LogP contribution in [-0.2, 0) is 12.8 Å². The molecular weight excluding hydrogens is 402 g/mol. The third-order valence-electron chi connectivity index (χ3n) is 4.55. The molecule has 0 saturated carbocycles. The van der Waals surface area contributed by atoms with E-state index in [9.17, 15) is 0 Å². The van der Waals surface area contributed by atoms with Crippen molar-refractivity contribution in [1.82, 2.24) is 24.6 Å². The van der Waals surface area contributed by atoms with Gasteiger partial charge in [0, 0.05) is 41.6 Å². The molecule has 0 radical (unpaired) electrons. The Kier molecular flexibility index (Phi) is 5.94. The quantitative estimate of drug-likeness (QED) is 0.440. The highest BCUT2D eigenvalue weighted by Gasteiger charge is 2.13. The minimum Gasteiger partial charge on any atom is -0.495 e. The second-order valence-corrected chi connectivity index (χ2v) is 7.04. The standard InChI is InChI=1S/C21H22ClN7O/c1-3-15-13-19(24-11-9-16-6-4-5-10-23-16)29-21(25-15)27-20(28-29)26-17-12-14(22)7-8-18(17)30-2/h4-8,10,12-13,24H,3,9,11H2,1-2H3,(H,26,28). The fourth-order valence-electron chi connectivity index (χ4n) is 3.04. The van der Waals surface area contributed by atoms with Crippen LogP contribution < -0.4 is 15.4 Å². The first-order chi connectivity index (χ1) is 14.7. The van der Waals surface area contributed by atoms with E-state index in [0.717, 1.165) is 30.0 Å². The molecule has 0 spiro atoms. The van der Waals surface area contributed by atoms with E-state index in [-0.39, 0.29) is 0 Å². The monoisotopic (exact) mass is 423 g/mol. The van der Waals surface area contributed by atoms with Crippen LogP contribution in [0.2, 0.25) is 5.02 Å². The Bertz CT molecular complexity index is 1150. The molecule has 3 heterocycles. The van der Waals surface area contributed by atoms with E-state index in [1.165, 1.54) is 0 Å². The molecule has 0 bridgehead atoms. The third-order valence-corrected chi connectivity index (χ3v) is 4.78. The van der Waals surface area contributed by atoms with E-state index < -0.39 is 0 Å². The zero-order valence-corrected chi connectivity index (χ0v) is 17.5. The molecule has 3 aromatic heterocycles. The number of nitrogens with one attached hydrogen (secondary N) is 2. The summed E-state index contributed by atoms with van der Waals surface area (Å²) in [5, 5.41) is 11.8. The Morgan fingerprint density at radius 1 is 1.10 bits per heavy atom. The van der Waals surface area contributed by atoms with Gasteiger partial charge in [0.2, 0.25) is 5.95 Å². The maximum atomic E-state index is 6.12. The molecule has 0 amide bonds. The van der Waals surface area contributed by atoms with E-state index in [1.807, 2.05) is 24.3 Å². The van der Waals surface area contributed by atoms with Crippen LogP contribution in [-0.4, -0.2) is 38.2 Å². The molecule has 0 fully saturated rings. The highest BCUT2D eigenvalue weighted by atomic mass is 35.5. The number of aryl methyl sites for hydroxylation is 1. The van der Waals surface area contributed by atoms with Crippen molar-refractivity contribution in [2.75, 3.05) is 24.3 Å². The van der Waals surface area contributed by atoms with Crippen molar-refractivity contribution in [3.05, 3.63) is 65.1 Å². The van der Waals surface area contributed by atoms with Crippen molar-refractivity contribution in [1.29, 1.82) is 0 Å². The van der Waals surface area contributed by atoms with Crippen LogP contribution in [0.3, 0.4) is 0 Å². The fraction of sp³-hybridized carbons (Fsp3) is 0.238. The van der Waals surface area contributed by atoms with Gasteiger partial charge >= 0.3 is 0 Å². The molecule has 154 valence electrons. The normalized spacial score (nSPS) is 10.9. The lowest BCUT2D eigenvalue weighted by atomic mass is 10.2. The first-order valence-corrected chi connectivity index (χ1v) is 10.0. The molecular formula is C21H22ClN7O. The topological polar surface area (TPSA) is 89.3 Å². The number of nitrogens with zero attached hydrogens (tertiary/aromatic N) is 5. The van der Waals surface area contributed by atoms with Gasteiger partial charge in [-0.25, -0.2) is 4.98 Å². The first-order valence-electron chi connectivity index (χ1n) is 9.67. The van der Waals surface area contributed by atoms with Gasteiger partial charge in [0.05, 0.1) is 12.8 Å². The summed E-state index contributed by atoms with van der Waals surface area (Å²) in [6.45, 7) is 2.77. The van der Waals surface area contributed by atoms with E-state index in [0.29, 0.717) is 34.7 Å². The van der Waals surface area contributed by atoms with Crippen LogP contribution in [0, 0.1) is 0 Å². The van der Waals surface area contributed by atoms with Gasteiger partial charge < -0.3 is 15.4 Å². The zero-order chi connectivity index (χ0) is 20.9. The largest absolute Gasteiger partial charge is 0.495 e. The van der Waals surface area contributed by atoms with Crippen molar-refractivity contribution in [3.8, 4) is 5.75 Å². The van der Waals surface area contributed by atoms with E-state index in [4.69, 9.17) is 16.3 Å². The molecule has 2 N–H and O–H groups in total. The molecule has 4 aromatic rings. The van der Waals surface area contributed by atoms with Gasteiger partial charge in [-0.2, -0.15) is 9.50 Å². The Morgan fingerprint density at radius 3 is 2.77 bits per heavy atom. The second kappa shape index (κ2) is 8.96. The van der Waals surface area contributed by atoms with Gasteiger partial charge in [0.25, 0.3) is 5.78 Å². The number of halogens is 1. The number of ether oxygens (including phenoxy) is 1. The Hall–Kier alpha value is -3.39. The van der Waals surface area contributed by atoms with Crippen molar-refractivity contribution >= 4 is 34.8 Å². The molecule has 0 unspecified atom stereocenters. The van der Waals surface area contributed by atoms with E-state index in [1.54, 1.807) is 36.0 Å². The molecule has 4 rings (SSSR count). The fourth-order valence-corrected chi connectivity index (χ4v) is 3.21. The van der Waals surface area contributed by atoms with Gasteiger partial charge in [-0.1, -0.05) is 24.6 Å². The molecule has 9 heteroatoms. The lowest BCUT2D eigenvalue weighted by molar-refractivity contribution is 0.417. The summed E-state index contributed by atoms with van der Waals surface area (Å²) in [7, 11) is 1.60. The minimum absolute atomic E-state index is 0.407. The average Bonchev–Trinajstić information content (AvgIpc) is 3.17. The Labute approximate surface area is 179 Å². The number of hydrogen-bond acceptors (Lipinski definition) is 7. The average molecular weight is 424 g/mol. The number of pyridine rings is 1. The molecule has 0 saturated heterocycles. The molecule has 8 nitrogen and oxygen atoms in total. The van der Waals surface area contributed by atoms with Gasteiger partial charge in [-0.15, -0.1) is 5.10 Å². The van der Waals surface area contributed by atoms with Crippen molar-refractivity contribution in [2.45, 2.75) is 19.8 Å². The van der Waals surface area contributed by atoms with Crippen LogP contribution in [0.25, 0.3) is 5.78 Å². The summed E-state index contributed by atoms with van der Waals surface area (Å²) in [6.07, 6.45) is 3.39. The highest BCUT2D eigenvalue weighted by Crippen LogP contribution is 2.29. The number of methoxy groups -OCH3 is 1. The number of anilines is 3. The third kappa shape index (κ3) is 4.44. The highest BCUT2D eigenvalue weighted by molar-refractivity contribution is 6.31. The first kappa shape index (κ1) is 19.9. The lowest BCUT2D eigenvalue weighted by Crippen LogP contribution is -2.11. The molecule has 0 aliphatic heterocycles. The summed E-state index contributed by atoms with van der Waals surface area (Å²) in [5.74, 6) is 2.39. The Morgan fingerprint density at radius 2 is 2.00 bits per heavy atom. The van der Waals surface area contributed by atoms with E-state index >= 15 is 0 Å². The zero-order valence-electron chi connectivity index (χ0n) is 16.8. The smallest absolute Gasteiger partial charge is 0.256 e. The van der Waals surface area contributed by atoms with E-state index in [2.05, 4.69) is 37.6 Å². The summed E-state index contributed by atoms with van der Waals surface area (Å²) in [6, 6.07) is 13.2. The SMILES string of the molecule is CCc1cc(NCCc2ccccn2)n2nc(Nc3cc(Cl)ccc3OC)nc2n1. The summed E-state index contributed by atoms with van der Waals surface area (Å²) < 4.78 is 7.08. The predicted molar refractivity (Wildman–Crippen MR) is 118 cm³/mol. The van der Waals surface area contributed by atoms with Gasteiger partial charge in [0.15, 0.2) is 0 Å². The van der Waals surface area contributed by atoms with Crippen LogP contribution in [0.5, 0.6) is 5.75 Å². The Balaban J connectivity index is 1.60. The lowest BCUT2D eigenvalue weighted by Gasteiger charge is -2.09. The van der Waals surface area contributed by atoms with Gasteiger partial charge in [0.1, 0.15) is 11.6 Å². The number of rotatable bonds is 8. The molecule has 0 aliphatic carbocycles. The minimum atomic E-state index is 0.407.